The Balaban J connectivity index is 1.23. The van der Waals surface area contributed by atoms with Gasteiger partial charge in [0.15, 0.2) is 0 Å². The van der Waals surface area contributed by atoms with Crippen molar-refractivity contribution in [2.75, 3.05) is 29.9 Å². The average Bonchev–Trinajstić information content (AvgIpc) is 3.55. The maximum absolute atomic E-state index is 14.8. The highest BCUT2D eigenvalue weighted by Gasteiger charge is 2.23. The molecule has 0 unspecified atom stereocenters. The molecule has 1 saturated heterocycles. The fourth-order valence-corrected chi connectivity index (χ4v) is 5.13. The molecule has 1 aliphatic rings. The molecular formula is C26H26ClFN6O2S. The number of amides is 1. The predicted octanol–water partition coefficient (Wildman–Crippen LogP) is 5.06. The number of para-hydroxylation sites is 1. The molecule has 8 nitrogen and oxygen atoms in total. The number of nitrogens with two attached hydrogens (primary N) is 1. The molecule has 1 atom stereocenters. The summed E-state index contributed by atoms with van der Waals surface area (Å²) >= 11 is 7.24. The molecule has 11 heteroatoms. The molecule has 1 aliphatic heterocycles. The molecular weight excluding hydrogens is 515 g/mol. The molecule has 5 rings (SSSR count). The minimum absolute atomic E-state index is 0.0251. The van der Waals surface area contributed by atoms with Crippen LogP contribution < -0.4 is 20.7 Å². The second-order valence-corrected chi connectivity index (χ2v) is 10.1. The first-order valence-electron chi connectivity index (χ1n) is 11.9. The van der Waals surface area contributed by atoms with Gasteiger partial charge in [-0.15, -0.1) is 11.3 Å². The number of aromatic nitrogens is 3. The third-order valence-corrected chi connectivity index (χ3v) is 7.17. The van der Waals surface area contributed by atoms with Gasteiger partial charge < -0.3 is 20.7 Å². The Morgan fingerprint density at radius 1 is 1.27 bits per heavy atom. The van der Waals surface area contributed by atoms with Crippen LogP contribution in [0, 0.1) is 5.82 Å². The summed E-state index contributed by atoms with van der Waals surface area (Å²) in [6.45, 7) is 2.21. The molecule has 0 saturated carbocycles. The van der Waals surface area contributed by atoms with Crippen LogP contribution in [-0.4, -0.2) is 46.4 Å². The number of nitrogens with one attached hydrogen (secondary N) is 1. The Bertz CT molecular complexity index is 1380. The van der Waals surface area contributed by atoms with Crippen molar-refractivity contribution in [3.05, 3.63) is 76.8 Å². The van der Waals surface area contributed by atoms with Crippen molar-refractivity contribution in [2.24, 2.45) is 5.73 Å². The van der Waals surface area contributed by atoms with Crippen molar-refractivity contribution >= 4 is 40.2 Å². The fraction of sp³-hybridized carbons (Fsp3) is 0.269. The number of benzene rings is 2. The van der Waals surface area contributed by atoms with Gasteiger partial charge in [-0.05, 0) is 49.2 Å². The standard InChI is InChI=1S/C26H26ClFN6O2S/c27-18-6-8-20(9-7-18)36-12-11-34-14-17(13-30-34)26-32-23(16-37-26)25(35)31-22-5-1-4-21(28)24(22)33-10-2-3-19(29)15-33/h1,4-9,13-14,16,19H,2-3,10-12,15,29H2,(H,31,35)/t19-/m1/s1. The Labute approximate surface area is 222 Å². The van der Waals surface area contributed by atoms with Gasteiger partial charge >= 0.3 is 0 Å². The first-order valence-corrected chi connectivity index (χ1v) is 13.2. The van der Waals surface area contributed by atoms with E-state index in [0.29, 0.717) is 47.6 Å². The van der Waals surface area contributed by atoms with E-state index in [1.54, 1.807) is 40.5 Å². The lowest BCUT2D eigenvalue weighted by Gasteiger charge is -2.34. The van der Waals surface area contributed by atoms with Crippen molar-refractivity contribution < 1.29 is 13.9 Å². The van der Waals surface area contributed by atoms with Crippen LogP contribution >= 0.6 is 22.9 Å². The molecule has 0 aliphatic carbocycles. The SMILES string of the molecule is N[C@@H]1CCCN(c2c(F)cccc2NC(=O)c2csc(-c3cnn(CCOc4ccc(Cl)cc4)c3)n2)C1. The first kappa shape index (κ1) is 25.2. The largest absolute Gasteiger partial charge is 0.492 e. The van der Waals surface area contributed by atoms with E-state index in [1.165, 1.54) is 17.4 Å². The van der Waals surface area contributed by atoms with E-state index in [0.717, 1.165) is 24.2 Å². The second kappa shape index (κ2) is 11.3. The Morgan fingerprint density at radius 2 is 2.11 bits per heavy atom. The van der Waals surface area contributed by atoms with Crippen molar-refractivity contribution in [3.8, 4) is 16.3 Å². The van der Waals surface area contributed by atoms with Crippen LogP contribution in [-0.2, 0) is 6.54 Å². The van der Waals surface area contributed by atoms with E-state index in [1.807, 2.05) is 23.2 Å². The molecule has 192 valence electrons. The van der Waals surface area contributed by atoms with E-state index >= 15 is 0 Å². The number of thiazole rings is 1. The number of piperidine rings is 1. The predicted molar refractivity (Wildman–Crippen MR) is 144 cm³/mol. The Morgan fingerprint density at radius 3 is 2.92 bits per heavy atom. The fourth-order valence-electron chi connectivity index (χ4n) is 4.23. The average molecular weight is 541 g/mol. The minimum atomic E-state index is -0.403. The third-order valence-electron chi connectivity index (χ3n) is 6.03. The van der Waals surface area contributed by atoms with E-state index in [4.69, 9.17) is 22.1 Å². The van der Waals surface area contributed by atoms with Crippen LogP contribution in [0.15, 0.2) is 60.2 Å². The first-order chi connectivity index (χ1) is 18.0. The molecule has 0 radical (unpaired) electrons. The molecule has 1 fully saturated rings. The highest BCUT2D eigenvalue weighted by molar-refractivity contribution is 7.13. The van der Waals surface area contributed by atoms with Crippen LogP contribution in [0.2, 0.25) is 5.02 Å². The summed E-state index contributed by atoms with van der Waals surface area (Å²) in [6.07, 6.45) is 5.34. The molecule has 2 aromatic carbocycles. The monoisotopic (exact) mass is 540 g/mol. The summed E-state index contributed by atoms with van der Waals surface area (Å²) in [7, 11) is 0. The number of hydrogen-bond acceptors (Lipinski definition) is 7. The molecule has 3 heterocycles. The second-order valence-electron chi connectivity index (χ2n) is 8.77. The zero-order chi connectivity index (χ0) is 25.8. The summed E-state index contributed by atoms with van der Waals surface area (Å²) in [5.41, 5.74) is 7.91. The Hall–Kier alpha value is -3.47. The van der Waals surface area contributed by atoms with Crippen LogP contribution in [0.1, 0.15) is 23.3 Å². The van der Waals surface area contributed by atoms with Crippen molar-refractivity contribution in [1.82, 2.24) is 14.8 Å². The number of rotatable bonds is 8. The maximum Gasteiger partial charge on any atom is 0.275 e. The number of nitrogens with zero attached hydrogens (tertiary/aromatic N) is 4. The third kappa shape index (κ3) is 6.10. The van der Waals surface area contributed by atoms with Crippen LogP contribution in [0.3, 0.4) is 0 Å². The van der Waals surface area contributed by atoms with Crippen molar-refractivity contribution in [3.63, 3.8) is 0 Å². The minimum Gasteiger partial charge on any atom is -0.492 e. The molecule has 3 N–H and O–H groups in total. The molecule has 1 amide bonds. The number of halogens is 2. The molecule has 2 aromatic heterocycles. The van der Waals surface area contributed by atoms with Crippen LogP contribution in [0.5, 0.6) is 5.75 Å². The van der Waals surface area contributed by atoms with E-state index in [-0.39, 0.29) is 11.7 Å². The molecule has 0 bridgehead atoms. The van der Waals surface area contributed by atoms with E-state index < -0.39 is 11.7 Å². The quantitative estimate of drug-likeness (QED) is 0.324. The van der Waals surface area contributed by atoms with Gasteiger partial charge in [-0.2, -0.15) is 5.10 Å². The lowest BCUT2D eigenvalue weighted by Crippen LogP contribution is -2.43. The lowest BCUT2D eigenvalue weighted by molar-refractivity contribution is 0.102. The topological polar surface area (TPSA) is 98.3 Å². The summed E-state index contributed by atoms with van der Waals surface area (Å²) < 4.78 is 22.2. The van der Waals surface area contributed by atoms with Gasteiger partial charge in [0.2, 0.25) is 0 Å². The molecule has 0 spiro atoms. The van der Waals surface area contributed by atoms with Crippen LogP contribution in [0.25, 0.3) is 10.6 Å². The highest BCUT2D eigenvalue weighted by Crippen LogP contribution is 2.32. The van der Waals surface area contributed by atoms with Gasteiger partial charge in [-0.25, -0.2) is 9.37 Å². The maximum atomic E-state index is 14.8. The van der Waals surface area contributed by atoms with Gasteiger partial charge in [0.25, 0.3) is 5.91 Å². The Kier molecular flexibility index (Phi) is 7.68. The number of carbonyl (C=O) groups excluding carboxylic acids is 1. The van der Waals surface area contributed by atoms with E-state index in [9.17, 15) is 9.18 Å². The number of ether oxygens (including phenoxy) is 1. The summed E-state index contributed by atoms with van der Waals surface area (Å²) in [6, 6.07) is 11.8. The van der Waals surface area contributed by atoms with E-state index in [2.05, 4.69) is 15.4 Å². The number of carbonyl (C=O) groups is 1. The number of hydrogen-bond donors (Lipinski definition) is 2. The lowest BCUT2D eigenvalue weighted by atomic mass is 10.1. The van der Waals surface area contributed by atoms with Gasteiger partial charge in [0, 0.05) is 41.3 Å². The van der Waals surface area contributed by atoms with Crippen LogP contribution in [0.4, 0.5) is 15.8 Å². The molecule has 4 aromatic rings. The summed E-state index contributed by atoms with van der Waals surface area (Å²) in [5.74, 6) is -0.0605. The van der Waals surface area contributed by atoms with Gasteiger partial charge in [-0.1, -0.05) is 17.7 Å². The summed E-state index contributed by atoms with van der Waals surface area (Å²) in [4.78, 5) is 19.4. The highest BCUT2D eigenvalue weighted by atomic mass is 35.5. The zero-order valence-corrected chi connectivity index (χ0v) is 21.5. The smallest absolute Gasteiger partial charge is 0.275 e. The normalized spacial score (nSPS) is 15.5. The van der Waals surface area contributed by atoms with Gasteiger partial charge in [0.1, 0.15) is 28.9 Å². The zero-order valence-electron chi connectivity index (χ0n) is 19.9. The van der Waals surface area contributed by atoms with Crippen molar-refractivity contribution in [2.45, 2.75) is 25.4 Å². The van der Waals surface area contributed by atoms with Gasteiger partial charge in [0.05, 0.1) is 24.1 Å². The summed E-state index contributed by atoms with van der Waals surface area (Å²) in [5, 5.41) is 10.2. The molecule has 37 heavy (non-hydrogen) atoms. The van der Waals surface area contributed by atoms with Gasteiger partial charge in [-0.3, -0.25) is 9.48 Å². The van der Waals surface area contributed by atoms with Crippen molar-refractivity contribution in [1.29, 1.82) is 0 Å². The number of anilines is 2.